The van der Waals surface area contributed by atoms with Crippen molar-refractivity contribution in [3.63, 3.8) is 0 Å². The van der Waals surface area contributed by atoms with Crippen molar-refractivity contribution in [1.29, 1.82) is 0 Å². The van der Waals surface area contributed by atoms with Gasteiger partial charge in [0.25, 0.3) is 0 Å². The lowest BCUT2D eigenvalue weighted by molar-refractivity contribution is -0.244. The monoisotopic (exact) mass is 332 g/mol. The molecule has 0 aromatic rings. The van der Waals surface area contributed by atoms with Crippen molar-refractivity contribution < 1.29 is 27.8 Å². The Morgan fingerprint density at radius 3 is 2.74 bits per heavy atom. The quantitative estimate of drug-likeness (QED) is 0.583. The average Bonchev–Trinajstić information content (AvgIpc) is 3.00. The molecule has 2 aliphatic rings. The van der Waals surface area contributed by atoms with Gasteiger partial charge < -0.3 is 9.84 Å². The molecule has 1 aliphatic carbocycles. The Bertz CT molecular complexity index is 522. The number of carbonyl (C=O) groups excluding carboxylic acids is 1. The van der Waals surface area contributed by atoms with Crippen LogP contribution < -0.4 is 0 Å². The molecule has 0 saturated carbocycles. The zero-order chi connectivity index (χ0) is 17.3. The molecule has 1 aliphatic heterocycles. The Balaban J connectivity index is 2.09. The minimum absolute atomic E-state index is 0.112. The first kappa shape index (κ1) is 18.0. The maximum absolute atomic E-state index is 13.4. The second kappa shape index (κ2) is 6.67. The second-order valence-corrected chi connectivity index (χ2v) is 6.59. The van der Waals surface area contributed by atoms with Crippen LogP contribution in [0.2, 0.25) is 0 Å². The fraction of sp³-hybridized carbons (Fsp3) is 0.706. The van der Waals surface area contributed by atoms with Crippen LogP contribution in [0, 0.1) is 11.3 Å². The first-order valence-corrected chi connectivity index (χ1v) is 8.04. The van der Waals surface area contributed by atoms with Gasteiger partial charge in [0.1, 0.15) is 5.76 Å². The van der Waals surface area contributed by atoms with Gasteiger partial charge in [-0.15, -0.1) is 0 Å². The van der Waals surface area contributed by atoms with E-state index in [9.17, 15) is 23.1 Å². The molecular formula is C17H23F3O3. The summed E-state index contributed by atoms with van der Waals surface area (Å²) in [5.41, 5.74) is -1.31. The number of esters is 1. The zero-order valence-corrected chi connectivity index (χ0v) is 13.4. The van der Waals surface area contributed by atoms with Crippen molar-refractivity contribution in [3.05, 3.63) is 23.5 Å². The molecule has 0 aromatic carbocycles. The number of hydrogen-bond acceptors (Lipinski definition) is 3. The third-order valence-electron chi connectivity index (χ3n) is 4.94. The van der Waals surface area contributed by atoms with Crippen molar-refractivity contribution >= 4 is 5.97 Å². The first-order chi connectivity index (χ1) is 10.7. The minimum Gasteiger partial charge on any atom is -0.431 e. The predicted molar refractivity (Wildman–Crippen MR) is 79.3 cm³/mol. The molecule has 0 spiro atoms. The number of halogens is 3. The highest BCUT2D eigenvalue weighted by molar-refractivity contribution is 5.77. The molecule has 0 amide bonds. The van der Waals surface area contributed by atoms with Crippen LogP contribution in [0.1, 0.15) is 52.4 Å². The molecule has 0 aromatic heterocycles. The number of unbranched alkanes of at least 4 members (excludes halogenated alkanes) is 1. The van der Waals surface area contributed by atoms with Gasteiger partial charge in [0.2, 0.25) is 0 Å². The molecule has 130 valence electrons. The third kappa shape index (κ3) is 3.62. The van der Waals surface area contributed by atoms with Gasteiger partial charge in [-0.3, -0.25) is 4.79 Å². The van der Waals surface area contributed by atoms with Crippen LogP contribution in [0.5, 0.6) is 0 Å². The molecule has 0 bridgehead atoms. The van der Waals surface area contributed by atoms with E-state index in [-0.39, 0.29) is 24.7 Å². The van der Waals surface area contributed by atoms with E-state index in [1.54, 1.807) is 6.08 Å². The van der Waals surface area contributed by atoms with Gasteiger partial charge in [0, 0.05) is 12.3 Å². The van der Waals surface area contributed by atoms with Gasteiger partial charge in [-0.25, -0.2) is 0 Å². The van der Waals surface area contributed by atoms with E-state index in [1.165, 1.54) is 6.08 Å². The van der Waals surface area contributed by atoms with Crippen LogP contribution in [-0.2, 0) is 9.53 Å². The lowest BCUT2D eigenvalue weighted by Gasteiger charge is -2.35. The number of ether oxygens (including phenoxy) is 1. The molecule has 6 heteroatoms. The van der Waals surface area contributed by atoms with Crippen molar-refractivity contribution in [1.82, 2.24) is 0 Å². The number of hydrogen-bond donors (Lipinski definition) is 1. The van der Waals surface area contributed by atoms with Crippen molar-refractivity contribution in [3.8, 4) is 0 Å². The summed E-state index contributed by atoms with van der Waals surface area (Å²) >= 11 is 0. The number of aliphatic hydroxyl groups is 1. The molecule has 3 nitrogen and oxygen atoms in total. The highest BCUT2D eigenvalue weighted by Gasteiger charge is 2.54. The standard InChI is InChI=1S/C17H23F3O3/c1-3-4-9-16(2,17(18,19)20)14(21)8-6-11-5-7-13-12(11)10-15(22)23-13/h6,8,11,14,21H,3-5,7,9-10H2,1-2H3/b8-6+. The van der Waals surface area contributed by atoms with E-state index < -0.39 is 17.7 Å². The summed E-state index contributed by atoms with van der Waals surface area (Å²) in [7, 11) is 0. The van der Waals surface area contributed by atoms with E-state index in [1.807, 2.05) is 6.92 Å². The number of carbonyl (C=O) groups is 1. The Labute approximate surface area is 134 Å². The summed E-state index contributed by atoms with van der Waals surface area (Å²) in [5.74, 6) is 0.232. The van der Waals surface area contributed by atoms with Crippen molar-refractivity contribution in [2.75, 3.05) is 0 Å². The number of aliphatic hydroxyl groups excluding tert-OH is 1. The summed E-state index contributed by atoms with van der Waals surface area (Å²) in [6, 6.07) is 0. The number of rotatable bonds is 6. The molecule has 0 fully saturated rings. The van der Waals surface area contributed by atoms with Crippen LogP contribution >= 0.6 is 0 Å². The minimum atomic E-state index is -4.47. The van der Waals surface area contributed by atoms with Gasteiger partial charge in [0.15, 0.2) is 0 Å². The zero-order valence-electron chi connectivity index (χ0n) is 13.4. The SMILES string of the molecule is CCCCC(C)(C(O)/C=C/C1CCC2=C1CC(=O)O2)C(F)(F)F. The van der Waals surface area contributed by atoms with Gasteiger partial charge in [-0.2, -0.15) is 13.2 Å². The van der Waals surface area contributed by atoms with Crippen LogP contribution in [0.25, 0.3) is 0 Å². The molecule has 1 N–H and O–H groups in total. The Morgan fingerprint density at radius 2 is 2.13 bits per heavy atom. The van der Waals surface area contributed by atoms with Crippen molar-refractivity contribution in [2.24, 2.45) is 11.3 Å². The van der Waals surface area contributed by atoms with Gasteiger partial charge in [-0.05, 0) is 25.3 Å². The third-order valence-corrected chi connectivity index (χ3v) is 4.94. The molecule has 0 saturated heterocycles. The number of allylic oxidation sites excluding steroid dienone is 2. The predicted octanol–water partition coefficient (Wildman–Crippen LogP) is 4.27. The van der Waals surface area contributed by atoms with Gasteiger partial charge >= 0.3 is 12.1 Å². The van der Waals surface area contributed by atoms with Crippen LogP contribution in [0.4, 0.5) is 13.2 Å². The summed E-state index contributed by atoms with van der Waals surface area (Å²) in [5, 5.41) is 10.2. The molecular weight excluding hydrogens is 309 g/mol. The summed E-state index contributed by atoms with van der Waals surface area (Å²) in [6.07, 6.45) is -0.766. The van der Waals surface area contributed by atoms with Crippen LogP contribution in [0.3, 0.4) is 0 Å². The molecule has 3 unspecified atom stereocenters. The maximum atomic E-state index is 13.4. The van der Waals surface area contributed by atoms with E-state index in [4.69, 9.17) is 4.74 Å². The smallest absolute Gasteiger partial charge is 0.397 e. The Morgan fingerprint density at radius 1 is 1.43 bits per heavy atom. The van der Waals surface area contributed by atoms with E-state index in [0.717, 1.165) is 12.5 Å². The fourth-order valence-electron chi connectivity index (χ4n) is 3.17. The van der Waals surface area contributed by atoms with Gasteiger partial charge in [0.05, 0.1) is 17.9 Å². The Kier molecular flexibility index (Phi) is 5.23. The maximum Gasteiger partial charge on any atom is 0.397 e. The summed E-state index contributed by atoms with van der Waals surface area (Å²) in [6.45, 7) is 2.89. The Hall–Kier alpha value is -1.30. The van der Waals surface area contributed by atoms with Crippen molar-refractivity contribution in [2.45, 2.75) is 64.7 Å². The second-order valence-electron chi connectivity index (χ2n) is 6.59. The molecule has 3 atom stereocenters. The molecule has 2 rings (SSSR count). The van der Waals surface area contributed by atoms with E-state index in [2.05, 4.69) is 0 Å². The lowest BCUT2D eigenvalue weighted by Crippen LogP contribution is -2.44. The van der Waals surface area contributed by atoms with Gasteiger partial charge in [-0.1, -0.05) is 31.9 Å². The average molecular weight is 332 g/mol. The highest BCUT2D eigenvalue weighted by atomic mass is 19.4. The summed E-state index contributed by atoms with van der Waals surface area (Å²) < 4.78 is 45.2. The van der Waals surface area contributed by atoms with Crippen LogP contribution in [0.15, 0.2) is 23.5 Å². The normalized spacial score (nSPS) is 25.7. The molecule has 23 heavy (non-hydrogen) atoms. The largest absolute Gasteiger partial charge is 0.431 e. The first-order valence-electron chi connectivity index (χ1n) is 8.04. The van der Waals surface area contributed by atoms with E-state index in [0.29, 0.717) is 31.4 Å². The topological polar surface area (TPSA) is 46.5 Å². The molecule has 1 heterocycles. The summed E-state index contributed by atoms with van der Waals surface area (Å²) in [4.78, 5) is 11.3. The number of alkyl halides is 3. The highest BCUT2D eigenvalue weighted by Crippen LogP contribution is 2.46. The fourth-order valence-corrected chi connectivity index (χ4v) is 3.17. The van der Waals surface area contributed by atoms with Crippen LogP contribution in [-0.4, -0.2) is 23.4 Å². The van der Waals surface area contributed by atoms with E-state index >= 15 is 0 Å². The molecule has 0 radical (unpaired) electrons. The lowest BCUT2D eigenvalue weighted by atomic mass is 9.78.